The molecule has 2 rings (SSSR count). The molecule has 110 valence electrons. The highest BCUT2D eigenvalue weighted by Gasteiger charge is 2.17. The van der Waals surface area contributed by atoms with Crippen LogP contribution in [-0.4, -0.2) is 55.2 Å². The van der Waals surface area contributed by atoms with Gasteiger partial charge in [0.1, 0.15) is 0 Å². The van der Waals surface area contributed by atoms with Gasteiger partial charge in [0.15, 0.2) is 0 Å². The van der Waals surface area contributed by atoms with Gasteiger partial charge in [0.05, 0.1) is 13.2 Å². The van der Waals surface area contributed by atoms with Gasteiger partial charge in [-0.1, -0.05) is 0 Å². The molecule has 20 heavy (non-hydrogen) atoms. The van der Waals surface area contributed by atoms with Crippen molar-refractivity contribution >= 4 is 11.7 Å². The topological polar surface area (TPSA) is 45.7 Å². The minimum Gasteiger partial charge on any atom is -0.465 e. The van der Waals surface area contributed by atoms with E-state index in [1.165, 1.54) is 5.69 Å². The minimum atomic E-state index is -0.124. The third kappa shape index (κ3) is 4.20. The molecule has 5 nitrogen and oxygen atoms in total. The van der Waals surface area contributed by atoms with Gasteiger partial charge in [-0.15, -0.1) is 0 Å². The SMILES string of the molecule is CCOC(=O)CN1CCCN(c2ccnc(C)c2)CC1. The van der Waals surface area contributed by atoms with E-state index >= 15 is 0 Å². The van der Waals surface area contributed by atoms with E-state index in [4.69, 9.17) is 4.74 Å². The Morgan fingerprint density at radius 1 is 1.35 bits per heavy atom. The maximum Gasteiger partial charge on any atom is 0.320 e. The van der Waals surface area contributed by atoms with Crippen LogP contribution in [0.5, 0.6) is 0 Å². The van der Waals surface area contributed by atoms with Crippen LogP contribution in [-0.2, 0) is 9.53 Å². The molecule has 5 heteroatoms. The summed E-state index contributed by atoms with van der Waals surface area (Å²) in [5.74, 6) is -0.124. The zero-order chi connectivity index (χ0) is 14.4. The fraction of sp³-hybridized carbons (Fsp3) is 0.600. The molecule has 0 radical (unpaired) electrons. The standard InChI is InChI=1S/C15H23N3O2/c1-3-20-15(19)12-17-7-4-8-18(10-9-17)14-5-6-16-13(2)11-14/h5-6,11H,3-4,7-10,12H2,1-2H3. The van der Waals surface area contributed by atoms with Gasteiger partial charge in [0.25, 0.3) is 0 Å². The molecule has 0 amide bonds. The predicted molar refractivity (Wildman–Crippen MR) is 78.9 cm³/mol. The van der Waals surface area contributed by atoms with Gasteiger partial charge in [-0.3, -0.25) is 14.7 Å². The molecule has 0 aromatic carbocycles. The van der Waals surface area contributed by atoms with E-state index in [1.54, 1.807) is 0 Å². The largest absolute Gasteiger partial charge is 0.465 e. The summed E-state index contributed by atoms with van der Waals surface area (Å²) in [6.07, 6.45) is 2.91. The number of hydrogen-bond acceptors (Lipinski definition) is 5. The molecule has 0 atom stereocenters. The van der Waals surface area contributed by atoms with Gasteiger partial charge in [-0.2, -0.15) is 0 Å². The Balaban J connectivity index is 1.90. The Bertz CT molecular complexity index is 450. The van der Waals surface area contributed by atoms with E-state index in [-0.39, 0.29) is 5.97 Å². The number of aryl methyl sites for hydroxylation is 1. The smallest absolute Gasteiger partial charge is 0.320 e. The van der Waals surface area contributed by atoms with Crippen molar-refractivity contribution < 1.29 is 9.53 Å². The van der Waals surface area contributed by atoms with Crippen molar-refractivity contribution in [2.24, 2.45) is 0 Å². The first-order chi connectivity index (χ1) is 9.69. The second-order valence-electron chi connectivity index (χ2n) is 5.08. The van der Waals surface area contributed by atoms with Gasteiger partial charge >= 0.3 is 5.97 Å². The fourth-order valence-electron chi connectivity index (χ4n) is 2.50. The summed E-state index contributed by atoms with van der Waals surface area (Å²) in [7, 11) is 0. The maximum absolute atomic E-state index is 11.5. The summed E-state index contributed by atoms with van der Waals surface area (Å²) < 4.78 is 5.01. The molecule has 1 aromatic rings. The van der Waals surface area contributed by atoms with Crippen LogP contribution < -0.4 is 4.90 Å². The molecule has 0 saturated carbocycles. The highest BCUT2D eigenvalue weighted by Crippen LogP contribution is 2.16. The van der Waals surface area contributed by atoms with E-state index in [0.29, 0.717) is 13.2 Å². The van der Waals surface area contributed by atoms with Crippen LogP contribution >= 0.6 is 0 Å². The third-order valence-corrected chi connectivity index (χ3v) is 3.49. The first kappa shape index (κ1) is 14.8. The Labute approximate surface area is 120 Å². The lowest BCUT2D eigenvalue weighted by Gasteiger charge is -2.23. The maximum atomic E-state index is 11.5. The van der Waals surface area contributed by atoms with Gasteiger partial charge in [0, 0.05) is 43.8 Å². The average Bonchev–Trinajstić information content (AvgIpc) is 2.64. The molecular formula is C15H23N3O2. The molecule has 2 heterocycles. The molecule has 0 bridgehead atoms. The first-order valence-corrected chi connectivity index (χ1v) is 7.24. The number of nitrogens with zero attached hydrogens (tertiary/aromatic N) is 3. The van der Waals surface area contributed by atoms with Gasteiger partial charge < -0.3 is 9.64 Å². The van der Waals surface area contributed by atoms with Crippen LogP contribution in [0, 0.1) is 6.92 Å². The van der Waals surface area contributed by atoms with Crippen molar-refractivity contribution in [2.75, 3.05) is 44.2 Å². The number of rotatable bonds is 4. The summed E-state index contributed by atoms with van der Waals surface area (Å²) in [5, 5.41) is 0. The van der Waals surface area contributed by atoms with E-state index in [0.717, 1.165) is 38.3 Å². The number of carbonyl (C=O) groups is 1. The summed E-state index contributed by atoms with van der Waals surface area (Å²) >= 11 is 0. The van der Waals surface area contributed by atoms with Crippen LogP contribution in [0.2, 0.25) is 0 Å². The number of aromatic nitrogens is 1. The Morgan fingerprint density at radius 2 is 2.20 bits per heavy atom. The summed E-state index contributed by atoms with van der Waals surface area (Å²) in [4.78, 5) is 20.3. The molecule has 1 aliphatic heterocycles. The van der Waals surface area contributed by atoms with Crippen LogP contribution in [0.3, 0.4) is 0 Å². The first-order valence-electron chi connectivity index (χ1n) is 7.24. The summed E-state index contributed by atoms with van der Waals surface area (Å²) in [6, 6.07) is 4.16. The number of carbonyl (C=O) groups excluding carboxylic acids is 1. The molecular weight excluding hydrogens is 254 g/mol. The molecule has 0 aliphatic carbocycles. The molecule has 1 aliphatic rings. The van der Waals surface area contributed by atoms with Crippen molar-refractivity contribution in [3.8, 4) is 0 Å². The Hall–Kier alpha value is -1.62. The lowest BCUT2D eigenvalue weighted by Crippen LogP contribution is -2.35. The van der Waals surface area contributed by atoms with Gasteiger partial charge in [0.2, 0.25) is 0 Å². The highest BCUT2D eigenvalue weighted by molar-refractivity contribution is 5.71. The normalized spacial score (nSPS) is 16.8. The molecule has 0 unspecified atom stereocenters. The Kier molecular flexibility index (Phi) is 5.35. The average molecular weight is 277 g/mol. The van der Waals surface area contributed by atoms with Crippen molar-refractivity contribution in [1.29, 1.82) is 0 Å². The molecule has 0 spiro atoms. The van der Waals surface area contributed by atoms with Crippen LogP contribution in [0.4, 0.5) is 5.69 Å². The number of anilines is 1. The van der Waals surface area contributed by atoms with Crippen molar-refractivity contribution in [3.05, 3.63) is 24.0 Å². The van der Waals surface area contributed by atoms with Crippen molar-refractivity contribution in [3.63, 3.8) is 0 Å². The molecule has 0 N–H and O–H groups in total. The lowest BCUT2D eigenvalue weighted by atomic mass is 10.3. The molecule has 1 fully saturated rings. The van der Waals surface area contributed by atoms with E-state index in [2.05, 4.69) is 20.9 Å². The van der Waals surface area contributed by atoms with Crippen LogP contribution in [0.1, 0.15) is 19.0 Å². The second kappa shape index (κ2) is 7.24. The van der Waals surface area contributed by atoms with Crippen LogP contribution in [0.25, 0.3) is 0 Å². The third-order valence-electron chi connectivity index (χ3n) is 3.49. The van der Waals surface area contributed by atoms with Crippen LogP contribution in [0.15, 0.2) is 18.3 Å². The Morgan fingerprint density at radius 3 is 2.95 bits per heavy atom. The quantitative estimate of drug-likeness (QED) is 0.780. The highest BCUT2D eigenvalue weighted by atomic mass is 16.5. The van der Waals surface area contributed by atoms with Crippen molar-refractivity contribution in [1.82, 2.24) is 9.88 Å². The minimum absolute atomic E-state index is 0.124. The number of ether oxygens (including phenoxy) is 1. The fourth-order valence-corrected chi connectivity index (χ4v) is 2.50. The van der Waals surface area contributed by atoms with Gasteiger partial charge in [-0.05, 0) is 32.4 Å². The lowest BCUT2D eigenvalue weighted by molar-refractivity contribution is -0.144. The van der Waals surface area contributed by atoms with Gasteiger partial charge in [-0.25, -0.2) is 0 Å². The second-order valence-corrected chi connectivity index (χ2v) is 5.08. The zero-order valence-corrected chi connectivity index (χ0v) is 12.3. The predicted octanol–water partition coefficient (Wildman–Crippen LogP) is 1.47. The van der Waals surface area contributed by atoms with Crippen molar-refractivity contribution in [2.45, 2.75) is 20.3 Å². The summed E-state index contributed by atoms with van der Waals surface area (Å²) in [6.45, 7) is 8.49. The summed E-state index contributed by atoms with van der Waals surface area (Å²) in [5.41, 5.74) is 2.26. The van der Waals surface area contributed by atoms with E-state index in [9.17, 15) is 4.79 Å². The molecule has 1 saturated heterocycles. The number of hydrogen-bond donors (Lipinski definition) is 0. The van der Waals surface area contributed by atoms with E-state index < -0.39 is 0 Å². The number of pyridine rings is 1. The zero-order valence-electron chi connectivity index (χ0n) is 12.3. The number of esters is 1. The monoisotopic (exact) mass is 277 g/mol. The molecule has 1 aromatic heterocycles. The van der Waals surface area contributed by atoms with E-state index in [1.807, 2.05) is 26.1 Å².